The average Bonchev–Trinajstić information content (AvgIpc) is 2.39. The second kappa shape index (κ2) is 5.81. The summed E-state index contributed by atoms with van der Waals surface area (Å²) in [6.45, 7) is 5.59. The van der Waals surface area contributed by atoms with Crippen LogP contribution < -0.4 is 0 Å². The van der Waals surface area contributed by atoms with Crippen LogP contribution in [0, 0.1) is 6.92 Å². The molecule has 0 aliphatic carbocycles. The molecule has 0 fully saturated rings. The summed E-state index contributed by atoms with van der Waals surface area (Å²) >= 11 is 3.40. The summed E-state index contributed by atoms with van der Waals surface area (Å²) in [5.74, 6) is 0. The van der Waals surface area contributed by atoms with Crippen LogP contribution in [0.25, 0.3) is 10.9 Å². The third kappa shape index (κ3) is 2.80. The minimum absolute atomic E-state index is 0.353. The van der Waals surface area contributed by atoms with Crippen LogP contribution in [0.2, 0.25) is 0 Å². The number of halogens is 1. The van der Waals surface area contributed by atoms with Gasteiger partial charge in [-0.25, -0.2) is 4.98 Å². The standard InChI is InChI=1S/C15H19BrNO3P/c1-4-15(5-2,21(18,19)20)12-9-11-7-6-10(3)8-13(11)17-14(12)16/h6-9H,4-5H2,1-3H3,(H2,18,19,20). The molecule has 0 radical (unpaired) electrons. The molecule has 1 heterocycles. The van der Waals surface area contributed by atoms with Crippen LogP contribution >= 0.6 is 23.5 Å². The molecule has 0 unspecified atom stereocenters. The van der Waals surface area contributed by atoms with Crippen LogP contribution in [0.1, 0.15) is 37.8 Å². The Morgan fingerprint density at radius 3 is 2.38 bits per heavy atom. The lowest BCUT2D eigenvalue weighted by molar-refractivity contribution is 0.314. The number of aryl methyl sites for hydroxylation is 1. The maximum Gasteiger partial charge on any atom is 0.336 e. The SMILES string of the molecule is CCC(CC)(c1cc2ccc(C)cc2nc1Br)P(=O)(O)O. The monoisotopic (exact) mass is 371 g/mol. The van der Waals surface area contributed by atoms with Gasteiger partial charge in [0.25, 0.3) is 0 Å². The van der Waals surface area contributed by atoms with Gasteiger partial charge in [-0.3, -0.25) is 4.57 Å². The number of fused-ring (bicyclic) bond motifs is 1. The molecule has 1 aromatic heterocycles. The predicted octanol–water partition coefficient (Wildman–Crippen LogP) is 4.50. The van der Waals surface area contributed by atoms with E-state index in [9.17, 15) is 14.4 Å². The predicted molar refractivity (Wildman–Crippen MR) is 88.5 cm³/mol. The third-order valence-corrected chi connectivity index (χ3v) is 6.75. The van der Waals surface area contributed by atoms with E-state index < -0.39 is 12.8 Å². The fourth-order valence-electron chi connectivity index (χ4n) is 2.78. The van der Waals surface area contributed by atoms with Crippen molar-refractivity contribution in [3.05, 3.63) is 40.0 Å². The number of aromatic nitrogens is 1. The van der Waals surface area contributed by atoms with Gasteiger partial charge >= 0.3 is 7.60 Å². The zero-order valence-corrected chi connectivity index (χ0v) is 14.8. The van der Waals surface area contributed by atoms with Gasteiger partial charge in [-0.05, 0) is 53.4 Å². The fourth-order valence-corrected chi connectivity index (χ4v) is 4.93. The van der Waals surface area contributed by atoms with E-state index in [2.05, 4.69) is 20.9 Å². The van der Waals surface area contributed by atoms with Gasteiger partial charge in [0.2, 0.25) is 0 Å². The third-order valence-electron chi connectivity index (χ3n) is 4.16. The van der Waals surface area contributed by atoms with Crippen molar-refractivity contribution in [3.8, 4) is 0 Å². The van der Waals surface area contributed by atoms with Crippen molar-refractivity contribution in [1.82, 2.24) is 4.98 Å². The summed E-state index contributed by atoms with van der Waals surface area (Å²) in [5.41, 5.74) is 2.50. The number of pyridine rings is 1. The number of nitrogens with zero attached hydrogens (tertiary/aromatic N) is 1. The minimum Gasteiger partial charge on any atom is -0.324 e. The molecule has 2 aromatic rings. The van der Waals surface area contributed by atoms with E-state index in [1.807, 2.05) is 31.2 Å². The van der Waals surface area contributed by atoms with Crippen molar-refractivity contribution in [3.63, 3.8) is 0 Å². The number of benzene rings is 1. The molecule has 4 nitrogen and oxygen atoms in total. The Labute approximate surface area is 132 Å². The Kier molecular flexibility index (Phi) is 4.60. The summed E-state index contributed by atoms with van der Waals surface area (Å²) in [7, 11) is -4.31. The molecule has 0 saturated carbocycles. The van der Waals surface area contributed by atoms with Gasteiger partial charge in [0, 0.05) is 10.9 Å². The highest BCUT2D eigenvalue weighted by Crippen LogP contribution is 2.62. The van der Waals surface area contributed by atoms with E-state index in [4.69, 9.17) is 0 Å². The number of hydrogen-bond acceptors (Lipinski definition) is 2. The highest BCUT2D eigenvalue weighted by Gasteiger charge is 2.46. The lowest BCUT2D eigenvalue weighted by atomic mass is 9.93. The Morgan fingerprint density at radius 1 is 1.24 bits per heavy atom. The second-order valence-corrected chi connectivity index (χ2v) is 8.00. The van der Waals surface area contributed by atoms with E-state index in [-0.39, 0.29) is 0 Å². The molecule has 0 amide bonds. The van der Waals surface area contributed by atoms with Crippen molar-refractivity contribution >= 4 is 34.4 Å². The van der Waals surface area contributed by atoms with Crippen molar-refractivity contribution in [2.75, 3.05) is 0 Å². The maximum absolute atomic E-state index is 12.1. The topological polar surface area (TPSA) is 70.4 Å². The molecule has 0 aliphatic rings. The molecular formula is C15H19BrNO3P. The maximum atomic E-state index is 12.1. The lowest BCUT2D eigenvalue weighted by Gasteiger charge is -2.33. The van der Waals surface area contributed by atoms with Crippen LogP contribution in [0.5, 0.6) is 0 Å². The van der Waals surface area contributed by atoms with Crippen molar-refractivity contribution in [2.45, 2.75) is 38.8 Å². The van der Waals surface area contributed by atoms with E-state index in [0.717, 1.165) is 16.5 Å². The number of rotatable bonds is 4. The Bertz CT molecular complexity index is 722. The molecule has 2 rings (SSSR count). The van der Waals surface area contributed by atoms with Gasteiger partial charge in [-0.15, -0.1) is 0 Å². The van der Waals surface area contributed by atoms with Crippen molar-refractivity contribution < 1.29 is 14.4 Å². The minimum atomic E-state index is -4.31. The first-order chi connectivity index (χ1) is 9.75. The van der Waals surface area contributed by atoms with Crippen LogP contribution in [0.3, 0.4) is 0 Å². The fraction of sp³-hybridized carbons (Fsp3) is 0.400. The van der Waals surface area contributed by atoms with E-state index >= 15 is 0 Å². The molecule has 0 saturated heterocycles. The van der Waals surface area contributed by atoms with Gasteiger partial charge < -0.3 is 9.79 Å². The van der Waals surface area contributed by atoms with Crippen LogP contribution in [-0.2, 0) is 9.72 Å². The highest BCUT2D eigenvalue weighted by atomic mass is 79.9. The summed E-state index contributed by atoms with van der Waals surface area (Å²) in [6, 6.07) is 7.71. The van der Waals surface area contributed by atoms with Crippen LogP contribution in [0.15, 0.2) is 28.9 Å². The Morgan fingerprint density at radius 2 is 1.86 bits per heavy atom. The molecule has 0 atom stereocenters. The summed E-state index contributed by atoms with van der Waals surface area (Å²) in [4.78, 5) is 24.3. The molecule has 1 aromatic carbocycles. The smallest absolute Gasteiger partial charge is 0.324 e. The Balaban J connectivity index is 2.78. The molecular weight excluding hydrogens is 353 g/mol. The molecule has 21 heavy (non-hydrogen) atoms. The lowest BCUT2D eigenvalue weighted by Crippen LogP contribution is -2.25. The number of hydrogen-bond donors (Lipinski definition) is 2. The van der Waals surface area contributed by atoms with Crippen LogP contribution in [-0.4, -0.2) is 14.8 Å². The van der Waals surface area contributed by atoms with Gasteiger partial charge in [-0.1, -0.05) is 26.0 Å². The molecule has 2 N–H and O–H groups in total. The van der Waals surface area contributed by atoms with E-state index in [1.54, 1.807) is 13.8 Å². The second-order valence-electron chi connectivity index (χ2n) is 5.31. The van der Waals surface area contributed by atoms with E-state index in [0.29, 0.717) is 23.0 Å². The first-order valence-electron chi connectivity index (χ1n) is 6.88. The van der Waals surface area contributed by atoms with Crippen molar-refractivity contribution in [1.29, 1.82) is 0 Å². The average molecular weight is 372 g/mol. The van der Waals surface area contributed by atoms with Gasteiger partial charge in [-0.2, -0.15) is 0 Å². The molecule has 0 aliphatic heterocycles. The summed E-state index contributed by atoms with van der Waals surface area (Å²) in [5, 5.41) is -0.309. The Hall–Kier alpha value is -0.740. The van der Waals surface area contributed by atoms with Gasteiger partial charge in [0.05, 0.1) is 10.7 Å². The highest BCUT2D eigenvalue weighted by molar-refractivity contribution is 9.10. The first kappa shape index (κ1) is 16.6. The largest absolute Gasteiger partial charge is 0.336 e. The molecule has 0 bridgehead atoms. The quantitative estimate of drug-likeness (QED) is 0.613. The zero-order chi connectivity index (χ0) is 15.8. The zero-order valence-electron chi connectivity index (χ0n) is 12.3. The summed E-state index contributed by atoms with van der Waals surface area (Å²) < 4.78 is 12.6. The van der Waals surface area contributed by atoms with Gasteiger partial charge in [0.1, 0.15) is 4.60 Å². The van der Waals surface area contributed by atoms with Crippen molar-refractivity contribution in [2.24, 2.45) is 0 Å². The summed E-state index contributed by atoms with van der Waals surface area (Å²) in [6.07, 6.45) is 0.705. The van der Waals surface area contributed by atoms with Crippen LogP contribution in [0.4, 0.5) is 0 Å². The molecule has 114 valence electrons. The van der Waals surface area contributed by atoms with E-state index in [1.165, 1.54) is 0 Å². The first-order valence-corrected chi connectivity index (χ1v) is 9.28. The normalized spacial score (nSPS) is 12.9. The van der Waals surface area contributed by atoms with Gasteiger partial charge in [0.15, 0.2) is 0 Å². The molecule has 6 heteroatoms. The molecule has 0 spiro atoms.